The van der Waals surface area contributed by atoms with E-state index in [1.807, 2.05) is 31.1 Å². The van der Waals surface area contributed by atoms with E-state index >= 15 is 0 Å². The van der Waals surface area contributed by atoms with Crippen LogP contribution in [0.4, 0.5) is 5.13 Å². The Balaban J connectivity index is 0.00000408. The molecule has 1 aromatic heterocycles. The summed E-state index contributed by atoms with van der Waals surface area (Å²) in [6.07, 6.45) is 2.19. The third-order valence-corrected chi connectivity index (χ3v) is 7.43. The van der Waals surface area contributed by atoms with Gasteiger partial charge in [0, 0.05) is 17.9 Å². The lowest BCUT2D eigenvalue weighted by Gasteiger charge is -2.21. The van der Waals surface area contributed by atoms with Crippen LogP contribution in [0.25, 0.3) is 10.2 Å². The van der Waals surface area contributed by atoms with E-state index in [9.17, 15) is 4.79 Å². The standard InChI is InChI=1S/C25H33N3O3S2.ClH/c1-18-9-11-19(12-10-18)32-17-6-8-22(29)28(16-7-15-27(2)3)25-26-23-20(30-4)13-14-21(31-5)24(23)33-25;/h9-14H,6-8,15-17H2,1-5H3;1H. The highest BCUT2D eigenvalue weighted by Crippen LogP contribution is 2.40. The Morgan fingerprint density at radius 1 is 1.00 bits per heavy atom. The van der Waals surface area contributed by atoms with E-state index < -0.39 is 0 Å². The van der Waals surface area contributed by atoms with Gasteiger partial charge in [-0.15, -0.1) is 24.2 Å². The predicted molar refractivity (Wildman–Crippen MR) is 147 cm³/mol. The lowest BCUT2D eigenvalue weighted by Crippen LogP contribution is -2.33. The van der Waals surface area contributed by atoms with Crippen molar-refractivity contribution in [2.75, 3.05) is 52.1 Å². The van der Waals surface area contributed by atoms with E-state index in [0.29, 0.717) is 23.8 Å². The molecule has 0 bridgehead atoms. The molecule has 0 fully saturated rings. The number of hydrogen-bond acceptors (Lipinski definition) is 7. The Bertz CT molecular complexity index is 1020. The Labute approximate surface area is 217 Å². The van der Waals surface area contributed by atoms with E-state index in [4.69, 9.17) is 14.5 Å². The van der Waals surface area contributed by atoms with Crippen LogP contribution in [0, 0.1) is 6.92 Å². The second-order valence-corrected chi connectivity index (χ2v) is 10.3. The van der Waals surface area contributed by atoms with Crippen molar-refractivity contribution in [1.29, 1.82) is 0 Å². The molecule has 6 nitrogen and oxygen atoms in total. The molecule has 0 atom stereocenters. The third kappa shape index (κ3) is 7.50. The average molecular weight is 524 g/mol. The Morgan fingerprint density at radius 2 is 1.68 bits per heavy atom. The molecule has 0 aliphatic carbocycles. The summed E-state index contributed by atoms with van der Waals surface area (Å²) >= 11 is 3.27. The number of carbonyl (C=O) groups is 1. The first kappa shape index (κ1) is 28.2. The zero-order valence-electron chi connectivity index (χ0n) is 20.5. The van der Waals surface area contributed by atoms with Crippen LogP contribution >= 0.6 is 35.5 Å². The van der Waals surface area contributed by atoms with Crippen LogP contribution in [0.3, 0.4) is 0 Å². The van der Waals surface area contributed by atoms with Crippen molar-refractivity contribution in [3.05, 3.63) is 42.0 Å². The molecule has 34 heavy (non-hydrogen) atoms. The number of hydrogen-bond donors (Lipinski definition) is 0. The highest BCUT2D eigenvalue weighted by Gasteiger charge is 2.22. The molecule has 0 spiro atoms. The number of amides is 1. The Hall–Kier alpha value is -2.00. The second-order valence-electron chi connectivity index (χ2n) is 8.11. The molecular weight excluding hydrogens is 490 g/mol. The molecule has 0 aliphatic rings. The maximum Gasteiger partial charge on any atom is 0.228 e. The number of ether oxygens (including phenoxy) is 2. The number of nitrogens with zero attached hydrogens (tertiary/aromatic N) is 3. The van der Waals surface area contributed by atoms with Crippen molar-refractivity contribution >= 4 is 56.8 Å². The van der Waals surface area contributed by atoms with Crippen LogP contribution in [0.1, 0.15) is 24.8 Å². The number of methoxy groups -OCH3 is 2. The minimum atomic E-state index is 0. The molecule has 0 N–H and O–H groups in total. The summed E-state index contributed by atoms with van der Waals surface area (Å²) in [4.78, 5) is 23.3. The molecule has 186 valence electrons. The monoisotopic (exact) mass is 523 g/mol. The number of thioether (sulfide) groups is 1. The lowest BCUT2D eigenvalue weighted by atomic mass is 10.2. The topological polar surface area (TPSA) is 54.9 Å². The van der Waals surface area contributed by atoms with Gasteiger partial charge in [0.05, 0.1) is 14.2 Å². The minimum absolute atomic E-state index is 0. The first-order chi connectivity index (χ1) is 15.9. The molecule has 9 heteroatoms. The summed E-state index contributed by atoms with van der Waals surface area (Å²) in [7, 11) is 7.36. The van der Waals surface area contributed by atoms with Gasteiger partial charge < -0.3 is 14.4 Å². The van der Waals surface area contributed by atoms with E-state index in [2.05, 4.69) is 36.1 Å². The molecule has 3 rings (SSSR count). The van der Waals surface area contributed by atoms with Gasteiger partial charge in [-0.05, 0) is 70.4 Å². The fourth-order valence-electron chi connectivity index (χ4n) is 3.44. The summed E-state index contributed by atoms with van der Waals surface area (Å²) in [6.45, 7) is 3.63. The normalized spacial score (nSPS) is 10.9. The van der Waals surface area contributed by atoms with Gasteiger partial charge in [0.2, 0.25) is 5.91 Å². The van der Waals surface area contributed by atoms with Crippen LogP contribution in [-0.2, 0) is 4.79 Å². The van der Waals surface area contributed by atoms with Crippen molar-refractivity contribution < 1.29 is 14.3 Å². The summed E-state index contributed by atoms with van der Waals surface area (Å²) in [5.41, 5.74) is 1.99. The molecule has 2 aromatic carbocycles. The molecule has 0 saturated carbocycles. The maximum atomic E-state index is 13.3. The molecule has 0 radical (unpaired) electrons. The van der Waals surface area contributed by atoms with E-state index in [-0.39, 0.29) is 18.3 Å². The van der Waals surface area contributed by atoms with Gasteiger partial charge >= 0.3 is 0 Å². The predicted octanol–water partition coefficient (Wildman–Crippen LogP) is 5.90. The number of anilines is 1. The van der Waals surface area contributed by atoms with Gasteiger partial charge in [-0.2, -0.15) is 0 Å². The van der Waals surface area contributed by atoms with Crippen LogP contribution < -0.4 is 14.4 Å². The average Bonchev–Trinajstić information content (AvgIpc) is 3.24. The lowest BCUT2D eigenvalue weighted by molar-refractivity contribution is -0.118. The first-order valence-electron chi connectivity index (χ1n) is 11.1. The van der Waals surface area contributed by atoms with Crippen molar-refractivity contribution in [2.45, 2.75) is 31.1 Å². The van der Waals surface area contributed by atoms with Crippen molar-refractivity contribution in [3.8, 4) is 11.5 Å². The fourth-order valence-corrected chi connectivity index (χ4v) is 5.42. The summed E-state index contributed by atoms with van der Waals surface area (Å²) in [5, 5.41) is 0.697. The number of aromatic nitrogens is 1. The molecule has 0 saturated heterocycles. The van der Waals surface area contributed by atoms with Crippen LogP contribution in [-0.4, -0.2) is 62.9 Å². The third-order valence-electron chi connectivity index (χ3n) is 5.24. The largest absolute Gasteiger partial charge is 0.495 e. The molecule has 3 aromatic rings. The number of carbonyl (C=O) groups excluding carboxylic acids is 1. The van der Waals surface area contributed by atoms with E-state index in [1.165, 1.54) is 21.8 Å². The number of halogens is 1. The van der Waals surface area contributed by atoms with Gasteiger partial charge in [-0.1, -0.05) is 29.0 Å². The van der Waals surface area contributed by atoms with Crippen molar-refractivity contribution in [2.24, 2.45) is 0 Å². The van der Waals surface area contributed by atoms with Gasteiger partial charge in [-0.25, -0.2) is 4.98 Å². The number of benzene rings is 2. The second kappa shape index (κ2) is 13.8. The van der Waals surface area contributed by atoms with Crippen molar-refractivity contribution in [1.82, 2.24) is 9.88 Å². The molecule has 0 aliphatic heterocycles. The van der Waals surface area contributed by atoms with Crippen LogP contribution in [0.5, 0.6) is 11.5 Å². The first-order valence-corrected chi connectivity index (χ1v) is 12.9. The van der Waals surface area contributed by atoms with Crippen LogP contribution in [0.2, 0.25) is 0 Å². The molecule has 1 heterocycles. The smallest absolute Gasteiger partial charge is 0.228 e. The van der Waals surface area contributed by atoms with Crippen molar-refractivity contribution in [3.63, 3.8) is 0 Å². The maximum absolute atomic E-state index is 13.3. The minimum Gasteiger partial charge on any atom is -0.495 e. The number of aryl methyl sites for hydroxylation is 1. The quantitative estimate of drug-likeness (QED) is 0.217. The molecular formula is C25H34ClN3O3S2. The zero-order chi connectivity index (χ0) is 23.8. The summed E-state index contributed by atoms with van der Waals surface area (Å²) < 4.78 is 11.9. The van der Waals surface area contributed by atoms with Gasteiger partial charge in [0.15, 0.2) is 5.13 Å². The molecule has 1 amide bonds. The summed E-state index contributed by atoms with van der Waals surface area (Å²) in [6, 6.07) is 12.2. The zero-order valence-corrected chi connectivity index (χ0v) is 22.9. The number of rotatable bonds is 12. The van der Waals surface area contributed by atoms with E-state index in [1.54, 1.807) is 26.0 Å². The van der Waals surface area contributed by atoms with Gasteiger partial charge in [0.25, 0.3) is 0 Å². The SMILES string of the molecule is COc1ccc(OC)c2sc(N(CCCN(C)C)C(=O)CCCSc3ccc(C)cc3)nc12.Cl. The number of thiazole rings is 1. The van der Waals surface area contributed by atoms with E-state index in [0.717, 1.165) is 41.1 Å². The highest BCUT2D eigenvalue weighted by atomic mass is 35.5. The Morgan fingerprint density at radius 3 is 2.32 bits per heavy atom. The number of fused-ring (bicyclic) bond motifs is 1. The highest BCUT2D eigenvalue weighted by molar-refractivity contribution is 7.99. The fraction of sp³-hybridized carbons (Fsp3) is 0.440. The van der Waals surface area contributed by atoms with Gasteiger partial charge in [-0.3, -0.25) is 9.69 Å². The Kier molecular flexibility index (Phi) is 11.4. The van der Waals surface area contributed by atoms with Crippen LogP contribution in [0.15, 0.2) is 41.3 Å². The van der Waals surface area contributed by atoms with Gasteiger partial charge in [0.1, 0.15) is 21.7 Å². The molecule has 0 unspecified atom stereocenters. The summed E-state index contributed by atoms with van der Waals surface area (Å²) in [5.74, 6) is 2.44.